The van der Waals surface area contributed by atoms with E-state index in [-0.39, 0.29) is 0 Å². The Morgan fingerprint density at radius 2 is 1.47 bits per heavy atom. The van der Waals surface area contributed by atoms with Crippen LogP contribution in [-0.2, 0) is 19.6 Å². The lowest BCUT2D eigenvalue weighted by Crippen LogP contribution is -2.18. The van der Waals surface area contributed by atoms with Crippen LogP contribution in [0.3, 0.4) is 0 Å². The second-order valence-corrected chi connectivity index (χ2v) is 8.39. The van der Waals surface area contributed by atoms with Crippen LogP contribution in [0, 0.1) is 0 Å². The van der Waals surface area contributed by atoms with Crippen molar-refractivity contribution in [3.63, 3.8) is 0 Å². The van der Waals surface area contributed by atoms with Gasteiger partial charge in [-0.3, -0.25) is 0 Å². The van der Waals surface area contributed by atoms with E-state index in [4.69, 9.17) is 10.5 Å². The lowest BCUT2D eigenvalue weighted by molar-refractivity contribution is 0.311. The molecule has 0 saturated carbocycles. The van der Waals surface area contributed by atoms with E-state index in [1.54, 1.807) is 0 Å². The largest absolute Gasteiger partial charge is 0.486 e. The number of hydrogen-bond acceptors (Lipinski definition) is 3. The molecule has 0 aliphatic heterocycles. The lowest BCUT2D eigenvalue weighted by Gasteiger charge is -2.21. The normalized spacial score (nSPS) is 12.9. The summed E-state index contributed by atoms with van der Waals surface area (Å²) in [6.07, 6.45) is 4.45. The van der Waals surface area contributed by atoms with E-state index < -0.39 is 0 Å². The number of aryl methyl sites for hydroxylation is 1. The van der Waals surface area contributed by atoms with E-state index in [2.05, 4.69) is 72.1 Å². The fourth-order valence-corrected chi connectivity index (χ4v) is 4.41. The lowest BCUT2D eigenvalue weighted by atomic mass is 9.88. The zero-order valence-electron chi connectivity index (χ0n) is 18.2. The molecule has 1 aliphatic rings. The molecular formula is C29H28N2O. The Kier molecular flexibility index (Phi) is 5.91. The summed E-state index contributed by atoms with van der Waals surface area (Å²) in [7, 11) is 0. The van der Waals surface area contributed by atoms with Crippen LogP contribution >= 0.6 is 0 Å². The first-order valence-electron chi connectivity index (χ1n) is 11.2. The number of fused-ring (bicyclic) bond motifs is 3. The number of ether oxygens (including phenoxy) is 1. The summed E-state index contributed by atoms with van der Waals surface area (Å²) in [6.45, 7) is 2.26. The van der Waals surface area contributed by atoms with E-state index in [0.29, 0.717) is 12.3 Å². The third kappa shape index (κ3) is 4.39. The van der Waals surface area contributed by atoms with Crippen molar-refractivity contribution in [2.24, 2.45) is 0 Å². The van der Waals surface area contributed by atoms with E-state index in [0.717, 1.165) is 48.0 Å². The first-order valence-corrected chi connectivity index (χ1v) is 11.2. The third-order valence-corrected chi connectivity index (χ3v) is 6.11. The van der Waals surface area contributed by atoms with Crippen molar-refractivity contribution >= 4 is 22.5 Å². The molecule has 0 radical (unpaired) electrons. The van der Waals surface area contributed by atoms with Crippen LogP contribution in [0.1, 0.15) is 28.7 Å². The molecule has 1 aliphatic carbocycles. The van der Waals surface area contributed by atoms with Crippen LogP contribution in [-0.4, -0.2) is 6.54 Å². The Balaban J connectivity index is 1.43. The summed E-state index contributed by atoms with van der Waals surface area (Å²) in [6, 6.07) is 29.3. The SMILES string of the molecule is Nc1ccc2ccc3c(c2c1OCc1ccccc1)C=C(CNCc1ccccc1)CC3. The maximum absolute atomic E-state index is 6.41. The zero-order chi connectivity index (χ0) is 21.8. The molecule has 0 amide bonds. The van der Waals surface area contributed by atoms with Gasteiger partial charge in [-0.05, 0) is 46.5 Å². The van der Waals surface area contributed by atoms with Crippen LogP contribution in [0.4, 0.5) is 5.69 Å². The summed E-state index contributed by atoms with van der Waals surface area (Å²) in [5.74, 6) is 0.790. The highest BCUT2D eigenvalue weighted by atomic mass is 16.5. The second kappa shape index (κ2) is 9.29. The van der Waals surface area contributed by atoms with Gasteiger partial charge in [0, 0.05) is 18.5 Å². The van der Waals surface area contributed by atoms with Crippen LogP contribution in [0.5, 0.6) is 5.75 Å². The molecule has 4 aromatic carbocycles. The summed E-state index contributed by atoms with van der Waals surface area (Å²) >= 11 is 0. The van der Waals surface area contributed by atoms with Crippen LogP contribution in [0.15, 0.2) is 90.5 Å². The van der Waals surface area contributed by atoms with Gasteiger partial charge in [0.1, 0.15) is 6.61 Å². The van der Waals surface area contributed by atoms with Gasteiger partial charge in [0.05, 0.1) is 5.69 Å². The van der Waals surface area contributed by atoms with Crippen molar-refractivity contribution in [3.8, 4) is 5.75 Å². The fraction of sp³-hybridized carbons (Fsp3) is 0.172. The highest BCUT2D eigenvalue weighted by Gasteiger charge is 2.17. The molecule has 0 unspecified atom stereocenters. The molecule has 3 nitrogen and oxygen atoms in total. The third-order valence-electron chi connectivity index (χ3n) is 6.11. The first-order chi connectivity index (χ1) is 15.8. The van der Waals surface area contributed by atoms with Gasteiger partial charge in [0.25, 0.3) is 0 Å². The van der Waals surface area contributed by atoms with Gasteiger partial charge in [-0.2, -0.15) is 0 Å². The molecule has 0 saturated heterocycles. The zero-order valence-corrected chi connectivity index (χ0v) is 18.2. The molecule has 0 atom stereocenters. The minimum Gasteiger partial charge on any atom is -0.486 e. The van der Waals surface area contributed by atoms with E-state index >= 15 is 0 Å². The number of nitrogens with one attached hydrogen (secondary N) is 1. The molecule has 3 heteroatoms. The monoisotopic (exact) mass is 420 g/mol. The summed E-state index contributed by atoms with van der Waals surface area (Å²) < 4.78 is 6.31. The van der Waals surface area contributed by atoms with Crippen LogP contribution < -0.4 is 15.8 Å². The van der Waals surface area contributed by atoms with Gasteiger partial charge >= 0.3 is 0 Å². The van der Waals surface area contributed by atoms with Gasteiger partial charge in [0.2, 0.25) is 0 Å². The molecule has 3 N–H and O–H groups in total. The summed E-state index contributed by atoms with van der Waals surface area (Å²) in [5, 5.41) is 5.89. The summed E-state index contributed by atoms with van der Waals surface area (Å²) in [4.78, 5) is 0. The predicted octanol–water partition coefficient (Wildman–Crippen LogP) is 6.12. The minimum atomic E-state index is 0.503. The smallest absolute Gasteiger partial charge is 0.151 e. The number of benzene rings is 4. The molecule has 160 valence electrons. The Labute approximate surface area is 189 Å². The van der Waals surface area contributed by atoms with Crippen LogP contribution in [0.25, 0.3) is 16.8 Å². The molecule has 0 fully saturated rings. The molecule has 32 heavy (non-hydrogen) atoms. The van der Waals surface area contributed by atoms with Crippen molar-refractivity contribution in [1.82, 2.24) is 5.32 Å². The quantitative estimate of drug-likeness (QED) is 0.354. The minimum absolute atomic E-state index is 0.503. The van der Waals surface area contributed by atoms with Crippen LogP contribution in [0.2, 0.25) is 0 Å². The second-order valence-electron chi connectivity index (χ2n) is 8.39. The molecule has 5 rings (SSSR count). The Bertz CT molecular complexity index is 1250. The van der Waals surface area contributed by atoms with Gasteiger partial charge < -0.3 is 15.8 Å². The average molecular weight is 421 g/mol. The van der Waals surface area contributed by atoms with Gasteiger partial charge in [0.15, 0.2) is 5.75 Å². The molecule has 4 aromatic rings. The number of rotatable bonds is 7. The standard InChI is InChI=1S/C29H28N2O/c30-27-16-15-25-14-13-24-12-11-23(19-31-18-21-7-3-1-4-8-21)17-26(24)28(25)29(27)32-20-22-9-5-2-6-10-22/h1-10,13-17,31H,11-12,18-20,30H2. The van der Waals surface area contributed by atoms with E-state index in [1.807, 2.05) is 24.3 Å². The maximum atomic E-state index is 6.41. The van der Waals surface area contributed by atoms with Crippen molar-refractivity contribution in [3.05, 3.63) is 113 Å². The van der Waals surface area contributed by atoms with Crippen molar-refractivity contribution in [1.29, 1.82) is 0 Å². The van der Waals surface area contributed by atoms with Gasteiger partial charge in [-0.15, -0.1) is 0 Å². The van der Waals surface area contributed by atoms with Crippen molar-refractivity contribution in [2.45, 2.75) is 26.0 Å². The van der Waals surface area contributed by atoms with Gasteiger partial charge in [-0.1, -0.05) is 90.5 Å². The molecular weight excluding hydrogens is 392 g/mol. The number of hydrogen-bond donors (Lipinski definition) is 2. The molecule has 0 aromatic heterocycles. The first kappa shape index (κ1) is 20.3. The Morgan fingerprint density at radius 3 is 2.25 bits per heavy atom. The number of anilines is 1. The average Bonchev–Trinajstić information content (AvgIpc) is 2.84. The van der Waals surface area contributed by atoms with E-state index in [1.165, 1.54) is 22.3 Å². The number of nitrogen functional groups attached to an aromatic ring is 1. The number of nitrogens with two attached hydrogens (primary N) is 1. The van der Waals surface area contributed by atoms with Gasteiger partial charge in [-0.25, -0.2) is 0 Å². The Hall–Kier alpha value is -3.56. The fourth-order valence-electron chi connectivity index (χ4n) is 4.41. The maximum Gasteiger partial charge on any atom is 0.151 e. The Morgan fingerprint density at radius 1 is 0.750 bits per heavy atom. The predicted molar refractivity (Wildman–Crippen MR) is 134 cm³/mol. The topological polar surface area (TPSA) is 47.3 Å². The molecule has 0 heterocycles. The summed E-state index contributed by atoms with van der Waals surface area (Å²) in [5.41, 5.74) is 13.6. The van der Waals surface area contributed by atoms with E-state index in [9.17, 15) is 0 Å². The highest BCUT2D eigenvalue weighted by molar-refractivity contribution is 6.00. The highest BCUT2D eigenvalue weighted by Crippen LogP contribution is 2.39. The molecule has 0 spiro atoms. The molecule has 0 bridgehead atoms. The van der Waals surface area contributed by atoms with Crippen molar-refractivity contribution < 1.29 is 4.74 Å². The van der Waals surface area contributed by atoms with Crippen molar-refractivity contribution in [2.75, 3.05) is 12.3 Å².